The van der Waals surface area contributed by atoms with Gasteiger partial charge in [0.25, 0.3) is 0 Å². The van der Waals surface area contributed by atoms with E-state index >= 15 is 0 Å². The van der Waals surface area contributed by atoms with Gasteiger partial charge >= 0.3 is 12.0 Å². The maximum Gasteiger partial charge on any atom is 0.326 e. The van der Waals surface area contributed by atoms with Crippen molar-refractivity contribution in [1.29, 1.82) is 0 Å². The molecule has 3 N–H and O–H groups in total. The summed E-state index contributed by atoms with van der Waals surface area (Å²) in [5.41, 5.74) is 0.476. The second kappa shape index (κ2) is 8.39. The third-order valence-electron chi connectivity index (χ3n) is 2.39. The van der Waals surface area contributed by atoms with Crippen molar-refractivity contribution in [2.24, 2.45) is 0 Å². The highest BCUT2D eigenvalue weighted by molar-refractivity contribution is 9.10. The highest BCUT2D eigenvalue weighted by Crippen LogP contribution is 2.25. The molecule has 0 aliphatic carbocycles. The van der Waals surface area contributed by atoms with E-state index in [-0.39, 0.29) is 0 Å². The summed E-state index contributed by atoms with van der Waals surface area (Å²) in [4.78, 5) is 22.8. The first-order valence-corrected chi connectivity index (χ1v) is 8.25. The summed E-state index contributed by atoms with van der Waals surface area (Å²) in [5.74, 6) is -0.405. The molecule has 0 fully saturated rings. The number of nitrogens with one attached hydrogen (secondary N) is 2. The monoisotopic (exact) mass is 380 g/mol. The number of aliphatic carboxylic acids is 1. The van der Waals surface area contributed by atoms with Gasteiger partial charge in [0.2, 0.25) is 0 Å². The maximum absolute atomic E-state index is 11.8. The molecule has 0 heterocycles. The molecule has 110 valence electrons. The van der Waals surface area contributed by atoms with Gasteiger partial charge in [0.15, 0.2) is 0 Å². The van der Waals surface area contributed by atoms with E-state index in [1.54, 1.807) is 18.2 Å². The Bertz CT molecular complexity index is 502. The van der Waals surface area contributed by atoms with Gasteiger partial charge < -0.3 is 15.7 Å². The normalized spacial score (nSPS) is 11.8. The highest BCUT2D eigenvalue weighted by Gasteiger charge is 2.19. The Morgan fingerprint density at radius 2 is 2.20 bits per heavy atom. The molecule has 1 aromatic carbocycles. The number of anilines is 1. The van der Waals surface area contributed by atoms with Gasteiger partial charge in [0.05, 0.1) is 5.69 Å². The first kappa shape index (κ1) is 17.1. The number of carboxylic acids is 1. The second-order valence-electron chi connectivity index (χ2n) is 3.89. The van der Waals surface area contributed by atoms with E-state index in [0.29, 0.717) is 27.4 Å². The van der Waals surface area contributed by atoms with Crippen molar-refractivity contribution in [3.8, 4) is 0 Å². The van der Waals surface area contributed by atoms with Gasteiger partial charge in [0.1, 0.15) is 6.04 Å². The number of urea groups is 1. The Hall–Kier alpha value is -0.920. The molecule has 5 nitrogen and oxygen atoms in total. The molecule has 8 heteroatoms. The summed E-state index contributed by atoms with van der Waals surface area (Å²) in [7, 11) is 0. The molecule has 0 aromatic heterocycles. The van der Waals surface area contributed by atoms with Gasteiger partial charge in [-0.05, 0) is 52.6 Å². The lowest BCUT2D eigenvalue weighted by Crippen LogP contribution is -2.43. The van der Waals surface area contributed by atoms with E-state index < -0.39 is 18.0 Å². The smallest absolute Gasteiger partial charge is 0.326 e. The Balaban J connectivity index is 2.65. The molecule has 1 atom stereocenters. The standard InChI is InChI=1S/C12H14BrClN2O3S/c1-20-5-4-9(11(17)18)15-12(19)16-10-6-7(14)2-3-8(10)13/h2-3,6,9H,4-5H2,1H3,(H,17,18)(H2,15,16,19)/t9-/m0/s1. The predicted octanol–water partition coefficient (Wildman–Crippen LogP) is 3.43. The van der Waals surface area contributed by atoms with E-state index in [9.17, 15) is 9.59 Å². The highest BCUT2D eigenvalue weighted by atomic mass is 79.9. The van der Waals surface area contributed by atoms with Crippen molar-refractivity contribution in [3.63, 3.8) is 0 Å². The average molecular weight is 382 g/mol. The largest absolute Gasteiger partial charge is 0.480 e. The van der Waals surface area contributed by atoms with Crippen molar-refractivity contribution in [1.82, 2.24) is 5.32 Å². The van der Waals surface area contributed by atoms with E-state index in [1.165, 1.54) is 11.8 Å². The molecule has 0 saturated carbocycles. The number of carbonyl (C=O) groups is 2. The van der Waals surface area contributed by atoms with Crippen LogP contribution in [0.2, 0.25) is 5.02 Å². The van der Waals surface area contributed by atoms with Crippen LogP contribution >= 0.6 is 39.3 Å². The second-order valence-corrected chi connectivity index (χ2v) is 6.17. The van der Waals surface area contributed by atoms with Crippen LogP contribution in [0.5, 0.6) is 0 Å². The molecule has 0 saturated heterocycles. The molecule has 0 bridgehead atoms. The van der Waals surface area contributed by atoms with Crippen LogP contribution in [0.1, 0.15) is 6.42 Å². The lowest BCUT2D eigenvalue weighted by Gasteiger charge is -2.15. The van der Waals surface area contributed by atoms with Crippen LogP contribution in [0.4, 0.5) is 10.5 Å². The van der Waals surface area contributed by atoms with Crippen LogP contribution in [-0.4, -0.2) is 35.2 Å². The average Bonchev–Trinajstić information content (AvgIpc) is 2.38. The number of carbonyl (C=O) groups excluding carboxylic acids is 1. The fourth-order valence-corrected chi connectivity index (χ4v) is 2.39. The zero-order valence-electron chi connectivity index (χ0n) is 10.7. The topological polar surface area (TPSA) is 78.4 Å². The summed E-state index contributed by atoms with van der Waals surface area (Å²) >= 11 is 10.6. The Labute approximate surface area is 134 Å². The van der Waals surface area contributed by atoms with E-state index in [1.807, 2.05) is 6.26 Å². The number of halogens is 2. The fraction of sp³-hybridized carbons (Fsp3) is 0.333. The fourth-order valence-electron chi connectivity index (χ4n) is 1.40. The predicted molar refractivity (Wildman–Crippen MR) is 85.7 cm³/mol. The first-order valence-electron chi connectivity index (χ1n) is 5.68. The van der Waals surface area contributed by atoms with Crippen LogP contribution in [-0.2, 0) is 4.79 Å². The van der Waals surface area contributed by atoms with Crippen molar-refractivity contribution in [3.05, 3.63) is 27.7 Å². The van der Waals surface area contributed by atoms with Crippen molar-refractivity contribution < 1.29 is 14.7 Å². The summed E-state index contributed by atoms with van der Waals surface area (Å²) in [6.45, 7) is 0. The minimum atomic E-state index is -1.06. The Morgan fingerprint density at radius 1 is 1.50 bits per heavy atom. The molecule has 0 aliphatic rings. The van der Waals surface area contributed by atoms with Crippen LogP contribution < -0.4 is 10.6 Å². The molecular weight excluding hydrogens is 368 g/mol. The van der Waals surface area contributed by atoms with E-state index in [0.717, 1.165) is 0 Å². The van der Waals surface area contributed by atoms with Crippen LogP contribution in [0, 0.1) is 0 Å². The molecule has 0 unspecified atom stereocenters. The van der Waals surface area contributed by atoms with Crippen molar-refractivity contribution in [2.45, 2.75) is 12.5 Å². The quantitative estimate of drug-likeness (QED) is 0.705. The van der Waals surface area contributed by atoms with E-state index in [4.69, 9.17) is 16.7 Å². The summed E-state index contributed by atoms with van der Waals surface area (Å²) in [5, 5.41) is 14.5. The number of hydrogen-bond acceptors (Lipinski definition) is 3. The third-order valence-corrected chi connectivity index (χ3v) is 3.96. The number of hydrogen-bond donors (Lipinski definition) is 3. The number of thioether (sulfide) groups is 1. The molecule has 0 aliphatic heterocycles. The lowest BCUT2D eigenvalue weighted by atomic mass is 10.2. The zero-order chi connectivity index (χ0) is 15.1. The van der Waals surface area contributed by atoms with Gasteiger partial charge in [-0.25, -0.2) is 9.59 Å². The van der Waals surface area contributed by atoms with Gasteiger partial charge in [-0.1, -0.05) is 11.6 Å². The Kier molecular flexibility index (Phi) is 7.18. The number of benzene rings is 1. The summed E-state index contributed by atoms with van der Waals surface area (Å²) in [6, 6.07) is 3.44. The molecule has 20 heavy (non-hydrogen) atoms. The lowest BCUT2D eigenvalue weighted by molar-refractivity contribution is -0.139. The van der Waals surface area contributed by atoms with Crippen molar-refractivity contribution >= 4 is 57.0 Å². The van der Waals surface area contributed by atoms with Gasteiger partial charge in [-0.15, -0.1) is 0 Å². The number of rotatable bonds is 6. The maximum atomic E-state index is 11.8. The van der Waals surface area contributed by atoms with Crippen LogP contribution in [0.25, 0.3) is 0 Å². The number of amides is 2. The molecular formula is C12H14BrClN2O3S. The third kappa shape index (κ3) is 5.60. The Morgan fingerprint density at radius 3 is 2.80 bits per heavy atom. The van der Waals surface area contributed by atoms with Crippen LogP contribution in [0.15, 0.2) is 22.7 Å². The summed E-state index contributed by atoms with van der Waals surface area (Å²) in [6.07, 6.45) is 2.24. The van der Waals surface area contributed by atoms with E-state index in [2.05, 4.69) is 26.6 Å². The molecule has 0 spiro atoms. The molecule has 1 aromatic rings. The van der Waals surface area contributed by atoms with Gasteiger partial charge in [-0.2, -0.15) is 11.8 Å². The minimum absolute atomic E-state index is 0.362. The number of carboxylic acid groups (broad SMARTS) is 1. The minimum Gasteiger partial charge on any atom is -0.480 e. The van der Waals surface area contributed by atoms with Gasteiger partial charge in [-0.3, -0.25) is 0 Å². The molecule has 0 radical (unpaired) electrons. The SMILES string of the molecule is CSCC[C@H](NC(=O)Nc1cc(Cl)ccc1Br)C(=O)O. The van der Waals surface area contributed by atoms with Crippen LogP contribution in [0.3, 0.4) is 0 Å². The molecule has 1 rings (SSSR count). The van der Waals surface area contributed by atoms with Crippen molar-refractivity contribution in [2.75, 3.05) is 17.3 Å². The zero-order valence-corrected chi connectivity index (χ0v) is 13.8. The molecule has 2 amide bonds. The van der Waals surface area contributed by atoms with Gasteiger partial charge in [0, 0.05) is 9.50 Å². The summed E-state index contributed by atoms with van der Waals surface area (Å²) < 4.78 is 0.660. The first-order chi connectivity index (χ1) is 9.43.